The topological polar surface area (TPSA) is 68.6 Å². The van der Waals surface area contributed by atoms with Gasteiger partial charge in [-0.2, -0.15) is 4.31 Å². The lowest BCUT2D eigenvalue weighted by molar-refractivity contribution is 0.186. The van der Waals surface area contributed by atoms with E-state index in [4.69, 9.17) is 4.74 Å². The number of piperidine rings is 1. The van der Waals surface area contributed by atoms with Gasteiger partial charge in [0.05, 0.1) is 11.5 Å². The molecular weight excluding hydrogens is 352 g/mol. The van der Waals surface area contributed by atoms with E-state index in [1.165, 1.54) is 0 Å². The van der Waals surface area contributed by atoms with Crippen molar-refractivity contribution < 1.29 is 13.2 Å². The zero-order valence-electron chi connectivity index (χ0n) is 14.7. The first-order valence-corrected chi connectivity index (χ1v) is 10.4. The van der Waals surface area contributed by atoms with E-state index in [0.717, 1.165) is 12.1 Å². The van der Waals surface area contributed by atoms with Crippen molar-refractivity contribution in [2.45, 2.75) is 30.7 Å². The van der Waals surface area contributed by atoms with E-state index < -0.39 is 10.0 Å². The summed E-state index contributed by atoms with van der Waals surface area (Å²) in [4.78, 5) is 12.4. The van der Waals surface area contributed by atoms with Crippen molar-refractivity contribution >= 4 is 10.0 Å². The van der Waals surface area contributed by atoms with Crippen molar-refractivity contribution in [3.05, 3.63) is 58.5 Å². The molecule has 2 aromatic rings. The van der Waals surface area contributed by atoms with Crippen molar-refractivity contribution in [3.63, 3.8) is 0 Å². The normalized spacial score (nSPS) is 22.7. The third-order valence-corrected chi connectivity index (χ3v) is 7.03. The van der Waals surface area contributed by atoms with Gasteiger partial charge < -0.3 is 9.30 Å². The van der Waals surface area contributed by atoms with Gasteiger partial charge >= 0.3 is 0 Å². The molecule has 1 fully saturated rings. The van der Waals surface area contributed by atoms with E-state index in [2.05, 4.69) is 0 Å². The summed E-state index contributed by atoms with van der Waals surface area (Å²) in [6, 6.07) is 11.9. The molecule has 1 saturated heterocycles. The predicted molar refractivity (Wildman–Crippen MR) is 97.9 cm³/mol. The highest BCUT2D eigenvalue weighted by molar-refractivity contribution is 7.89. The maximum absolute atomic E-state index is 13.2. The summed E-state index contributed by atoms with van der Waals surface area (Å²) in [6.07, 6.45) is 0.925. The number of benzene rings is 1. The fraction of sp³-hybridized carbons (Fsp3) is 0.421. The quantitative estimate of drug-likeness (QED) is 0.821. The zero-order chi connectivity index (χ0) is 18.3. The highest BCUT2D eigenvalue weighted by Crippen LogP contribution is 2.37. The smallest absolute Gasteiger partial charge is 0.250 e. The van der Waals surface area contributed by atoms with Gasteiger partial charge in [-0.1, -0.05) is 12.1 Å². The van der Waals surface area contributed by atoms with Crippen LogP contribution < -0.4 is 10.3 Å². The average molecular weight is 374 g/mol. The van der Waals surface area contributed by atoms with Crippen LogP contribution in [0.4, 0.5) is 0 Å². The van der Waals surface area contributed by atoms with Crippen LogP contribution in [0.2, 0.25) is 0 Å². The van der Waals surface area contributed by atoms with Crippen LogP contribution in [-0.2, 0) is 16.6 Å². The summed E-state index contributed by atoms with van der Waals surface area (Å²) >= 11 is 0. The van der Waals surface area contributed by atoms with Crippen molar-refractivity contribution in [1.82, 2.24) is 8.87 Å². The van der Waals surface area contributed by atoms with Gasteiger partial charge in [0.25, 0.3) is 5.56 Å². The Kier molecular flexibility index (Phi) is 4.36. The zero-order valence-corrected chi connectivity index (χ0v) is 15.5. The number of pyridine rings is 1. The van der Waals surface area contributed by atoms with E-state index in [9.17, 15) is 13.2 Å². The Balaban J connectivity index is 1.66. The third-order valence-electron chi connectivity index (χ3n) is 5.20. The highest BCUT2D eigenvalue weighted by atomic mass is 32.2. The Bertz CT molecular complexity index is 983. The molecule has 0 amide bonds. The van der Waals surface area contributed by atoms with Crippen LogP contribution in [0.3, 0.4) is 0 Å². The number of fused-ring (bicyclic) bond motifs is 4. The van der Waals surface area contributed by atoms with Gasteiger partial charge in [0.2, 0.25) is 10.0 Å². The van der Waals surface area contributed by atoms with Gasteiger partial charge in [-0.15, -0.1) is 0 Å². The molecule has 7 heteroatoms. The Morgan fingerprint density at radius 3 is 2.73 bits per heavy atom. The Morgan fingerprint density at radius 2 is 1.92 bits per heavy atom. The number of ether oxygens (including phenoxy) is 1. The number of hydrogen-bond donors (Lipinski definition) is 0. The maximum atomic E-state index is 13.2. The van der Waals surface area contributed by atoms with Crippen LogP contribution in [0.25, 0.3) is 0 Å². The molecule has 0 saturated carbocycles. The second kappa shape index (κ2) is 6.55. The summed E-state index contributed by atoms with van der Waals surface area (Å²) in [5.41, 5.74) is 0.939. The lowest BCUT2D eigenvalue weighted by Gasteiger charge is -2.42. The molecule has 4 rings (SSSR count). The molecule has 6 nitrogen and oxygen atoms in total. The monoisotopic (exact) mass is 374 g/mol. The third kappa shape index (κ3) is 2.95. The first-order valence-electron chi connectivity index (χ1n) is 8.92. The molecule has 0 aliphatic carbocycles. The number of sulfonamides is 1. The van der Waals surface area contributed by atoms with Crippen molar-refractivity contribution in [2.75, 3.05) is 19.7 Å². The summed E-state index contributed by atoms with van der Waals surface area (Å²) in [5, 5.41) is 0. The molecule has 1 aromatic carbocycles. The van der Waals surface area contributed by atoms with E-state index in [1.54, 1.807) is 45.3 Å². The van der Waals surface area contributed by atoms with E-state index in [1.807, 2.05) is 13.0 Å². The summed E-state index contributed by atoms with van der Waals surface area (Å²) in [6.45, 7) is 3.78. The molecule has 1 aromatic heterocycles. The van der Waals surface area contributed by atoms with Crippen LogP contribution in [0.15, 0.2) is 52.2 Å². The SMILES string of the molecule is CCOc1cccc(S(=O)(=O)N2C[C@H]3C[C@@H](C2)c2cccc(=O)n2C3)c1. The Morgan fingerprint density at radius 1 is 1.12 bits per heavy atom. The molecule has 2 aliphatic rings. The predicted octanol–water partition coefficient (Wildman–Crippen LogP) is 2.05. The standard InChI is InChI=1S/C19H22N2O4S/c1-2-25-16-5-3-6-17(10-16)26(23,24)20-11-14-9-15(13-20)18-7-4-8-19(22)21(18)12-14/h3-8,10,14-15H,2,9,11-13H2,1H3/t14-,15+/m1/s1. The van der Waals surface area contributed by atoms with Crippen molar-refractivity contribution in [1.29, 1.82) is 0 Å². The Hall–Kier alpha value is -2.12. The second-order valence-corrected chi connectivity index (χ2v) is 8.87. The first kappa shape index (κ1) is 17.3. The molecule has 2 aliphatic heterocycles. The van der Waals surface area contributed by atoms with E-state index in [-0.39, 0.29) is 22.3 Å². The molecule has 0 spiro atoms. The second-order valence-electron chi connectivity index (χ2n) is 6.93. The minimum absolute atomic E-state index is 0.00192. The molecule has 0 N–H and O–H groups in total. The van der Waals surface area contributed by atoms with Gasteiger partial charge in [0.15, 0.2) is 0 Å². The van der Waals surface area contributed by atoms with Gasteiger partial charge in [-0.05, 0) is 37.5 Å². The lowest BCUT2D eigenvalue weighted by atomic mass is 9.84. The largest absolute Gasteiger partial charge is 0.494 e. The van der Waals surface area contributed by atoms with E-state index >= 15 is 0 Å². The number of aromatic nitrogens is 1. The van der Waals surface area contributed by atoms with Gasteiger partial charge in [0.1, 0.15) is 5.75 Å². The molecule has 26 heavy (non-hydrogen) atoms. The van der Waals surface area contributed by atoms with E-state index in [0.29, 0.717) is 32.0 Å². The molecular formula is C19H22N2O4S. The summed E-state index contributed by atoms with van der Waals surface area (Å²) < 4.78 is 35.1. The number of rotatable bonds is 4. The number of hydrogen-bond acceptors (Lipinski definition) is 4. The fourth-order valence-electron chi connectivity index (χ4n) is 4.09. The van der Waals surface area contributed by atoms with Crippen LogP contribution in [0.5, 0.6) is 5.75 Å². The highest BCUT2D eigenvalue weighted by Gasteiger charge is 2.39. The fourth-order valence-corrected chi connectivity index (χ4v) is 5.69. The minimum atomic E-state index is -3.59. The molecule has 2 bridgehead atoms. The molecule has 3 heterocycles. The van der Waals surface area contributed by atoms with Crippen LogP contribution in [-0.4, -0.2) is 37.0 Å². The van der Waals surface area contributed by atoms with Gasteiger partial charge in [0, 0.05) is 43.4 Å². The Labute approximate surface area is 153 Å². The molecule has 0 radical (unpaired) electrons. The first-order chi connectivity index (χ1) is 12.5. The van der Waals surface area contributed by atoms with Crippen LogP contribution in [0, 0.1) is 5.92 Å². The van der Waals surface area contributed by atoms with Crippen LogP contribution in [0.1, 0.15) is 25.0 Å². The minimum Gasteiger partial charge on any atom is -0.494 e. The van der Waals surface area contributed by atoms with Crippen LogP contribution >= 0.6 is 0 Å². The molecule has 0 unspecified atom stereocenters. The summed E-state index contributed by atoms with van der Waals surface area (Å²) in [5.74, 6) is 0.773. The van der Waals surface area contributed by atoms with Gasteiger partial charge in [-0.3, -0.25) is 4.79 Å². The lowest BCUT2D eigenvalue weighted by Crippen LogP contribution is -2.48. The molecule has 2 atom stereocenters. The summed E-state index contributed by atoms with van der Waals surface area (Å²) in [7, 11) is -3.59. The van der Waals surface area contributed by atoms with Crippen molar-refractivity contribution in [3.8, 4) is 5.75 Å². The van der Waals surface area contributed by atoms with Gasteiger partial charge in [-0.25, -0.2) is 8.42 Å². The number of nitrogens with zero attached hydrogens (tertiary/aromatic N) is 2. The maximum Gasteiger partial charge on any atom is 0.250 e. The molecule has 138 valence electrons. The van der Waals surface area contributed by atoms with Crippen molar-refractivity contribution in [2.24, 2.45) is 5.92 Å². The average Bonchev–Trinajstić information content (AvgIpc) is 2.63.